The van der Waals surface area contributed by atoms with E-state index in [1.807, 2.05) is 48.5 Å². The van der Waals surface area contributed by atoms with Crippen LogP contribution in [0.2, 0.25) is 0 Å². The van der Waals surface area contributed by atoms with E-state index >= 15 is 0 Å². The number of ketones is 1. The van der Waals surface area contributed by atoms with Gasteiger partial charge in [-0.05, 0) is 74.7 Å². The van der Waals surface area contributed by atoms with Gasteiger partial charge in [0, 0.05) is 82.1 Å². The number of nitrogens with zero attached hydrogens (tertiary/aromatic N) is 7. The van der Waals surface area contributed by atoms with Crippen LogP contribution < -0.4 is 10.2 Å². The molecule has 244 valence electrons. The molecule has 11 nitrogen and oxygen atoms in total. The normalized spacial score (nSPS) is 18.5. The fraction of sp³-hybridized carbons (Fsp3) is 0.444. The number of benzene rings is 2. The highest BCUT2D eigenvalue weighted by molar-refractivity contribution is 5.98. The number of rotatable bonds is 8. The van der Waals surface area contributed by atoms with E-state index in [1.165, 1.54) is 12.4 Å². The molecule has 11 heteroatoms. The fourth-order valence-corrected chi connectivity index (χ4v) is 6.64. The van der Waals surface area contributed by atoms with E-state index in [4.69, 9.17) is 5.26 Å². The third-order valence-corrected chi connectivity index (χ3v) is 9.69. The first kappa shape index (κ1) is 32.3. The lowest BCUT2D eigenvalue weighted by Gasteiger charge is -2.34. The van der Waals surface area contributed by atoms with Crippen molar-refractivity contribution >= 4 is 23.3 Å². The summed E-state index contributed by atoms with van der Waals surface area (Å²) in [5, 5.41) is 12.0. The molecule has 0 radical (unpaired) electrons. The topological polar surface area (TPSA) is 126 Å². The standard InChI is InChI=1S/C36H42N8O3/c1-41-18-20-43(21-19-41)31-8-6-28(7-9-31)34(45)29-10-16-44(17-11-29)36(47)33-24-38-32(23-39-33)35(46)40-30-12-14-42(15-13-30)25-27-4-2-26(22-37)3-5-27/h2-9,23-24,29-30H,10-21,25H2,1H3,(H,40,46). The van der Waals surface area contributed by atoms with Crippen LogP contribution in [0.15, 0.2) is 60.9 Å². The van der Waals surface area contributed by atoms with Crippen molar-refractivity contribution in [2.75, 3.05) is 64.3 Å². The van der Waals surface area contributed by atoms with Gasteiger partial charge >= 0.3 is 0 Å². The van der Waals surface area contributed by atoms with E-state index < -0.39 is 0 Å². The number of Topliss-reactive ketones (excluding diaryl/α,β-unsaturated/α-hetero) is 1. The molecule has 6 rings (SSSR count). The van der Waals surface area contributed by atoms with Gasteiger partial charge < -0.3 is 20.0 Å². The summed E-state index contributed by atoms with van der Waals surface area (Å²) in [5.41, 5.74) is 4.07. The Morgan fingerprint density at radius 3 is 2.06 bits per heavy atom. The average Bonchev–Trinajstić information content (AvgIpc) is 3.12. The molecule has 3 aromatic rings. The first-order valence-corrected chi connectivity index (χ1v) is 16.6. The first-order chi connectivity index (χ1) is 22.9. The van der Waals surface area contributed by atoms with Crippen LogP contribution in [0.25, 0.3) is 0 Å². The lowest BCUT2D eigenvalue weighted by Crippen LogP contribution is -2.44. The van der Waals surface area contributed by atoms with Gasteiger partial charge in [-0.1, -0.05) is 12.1 Å². The van der Waals surface area contributed by atoms with Crippen molar-refractivity contribution in [3.63, 3.8) is 0 Å². The molecule has 2 amide bonds. The Bertz CT molecular complexity index is 1580. The molecular weight excluding hydrogens is 592 g/mol. The number of likely N-dealkylation sites (tertiary alicyclic amines) is 2. The Morgan fingerprint density at radius 1 is 0.809 bits per heavy atom. The Labute approximate surface area is 276 Å². The van der Waals surface area contributed by atoms with Gasteiger partial charge in [0.1, 0.15) is 11.4 Å². The zero-order valence-corrected chi connectivity index (χ0v) is 27.0. The number of amides is 2. The van der Waals surface area contributed by atoms with Gasteiger partial charge in [-0.2, -0.15) is 5.26 Å². The zero-order valence-electron chi connectivity index (χ0n) is 27.0. The van der Waals surface area contributed by atoms with Gasteiger partial charge in [-0.25, -0.2) is 9.97 Å². The molecule has 3 aliphatic heterocycles. The fourth-order valence-electron chi connectivity index (χ4n) is 6.64. The maximum atomic E-state index is 13.2. The van der Waals surface area contributed by atoms with Crippen molar-refractivity contribution in [3.8, 4) is 6.07 Å². The molecule has 0 saturated carbocycles. The van der Waals surface area contributed by atoms with E-state index in [1.54, 1.807) is 4.90 Å². The third-order valence-electron chi connectivity index (χ3n) is 9.69. The number of nitrogens with one attached hydrogen (secondary N) is 1. The Morgan fingerprint density at radius 2 is 1.45 bits per heavy atom. The van der Waals surface area contributed by atoms with Crippen LogP contribution in [0.3, 0.4) is 0 Å². The molecule has 0 spiro atoms. The van der Waals surface area contributed by atoms with Crippen LogP contribution in [0.1, 0.15) is 68.1 Å². The molecule has 1 N–H and O–H groups in total. The summed E-state index contributed by atoms with van der Waals surface area (Å²) in [5.74, 6) is -0.512. The number of anilines is 1. The van der Waals surface area contributed by atoms with Crippen LogP contribution >= 0.6 is 0 Å². The maximum absolute atomic E-state index is 13.2. The van der Waals surface area contributed by atoms with Crippen LogP contribution in [0.5, 0.6) is 0 Å². The highest BCUT2D eigenvalue weighted by Gasteiger charge is 2.30. The van der Waals surface area contributed by atoms with Gasteiger partial charge in [0.15, 0.2) is 5.78 Å². The number of carbonyl (C=O) groups is 3. The Hall–Kier alpha value is -4.66. The molecule has 0 atom stereocenters. The van der Waals surface area contributed by atoms with Gasteiger partial charge in [0.25, 0.3) is 11.8 Å². The van der Waals surface area contributed by atoms with Crippen molar-refractivity contribution in [1.29, 1.82) is 5.26 Å². The summed E-state index contributed by atoms with van der Waals surface area (Å²) < 4.78 is 0. The second-order valence-corrected chi connectivity index (χ2v) is 12.9. The highest BCUT2D eigenvalue weighted by Crippen LogP contribution is 2.25. The Balaban J connectivity index is 0.934. The van der Waals surface area contributed by atoms with E-state index in [2.05, 4.69) is 43.1 Å². The molecule has 1 aromatic heterocycles. The molecule has 4 heterocycles. The SMILES string of the molecule is CN1CCN(c2ccc(C(=O)C3CCN(C(=O)c4cnc(C(=O)NC5CCN(Cc6ccc(C#N)cc6)CC5)cn4)CC3)cc2)CC1. The molecule has 0 aliphatic carbocycles. The minimum absolute atomic E-state index is 0.0433. The van der Waals surface area contributed by atoms with Crippen molar-refractivity contribution in [1.82, 2.24) is 30.0 Å². The predicted molar refractivity (Wildman–Crippen MR) is 178 cm³/mol. The summed E-state index contributed by atoms with van der Waals surface area (Å²) in [6, 6.07) is 17.8. The second kappa shape index (κ2) is 14.8. The summed E-state index contributed by atoms with van der Waals surface area (Å²) in [7, 11) is 2.14. The van der Waals surface area contributed by atoms with Crippen molar-refractivity contribution in [2.24, 2.45) is 5.92 Å². The number of carbonyl (C=O) groups excluding carboxylic acids is 3. The van der Waals surface area contributed by atoms with Crippen molar-refractivity contribution < 1.29 is 14.4 Å². The van der Waals surface area contributed by atoms with E-state index in [0.717, 1.165) is 75.5 Å². The van der Waals surface area contributed by atoms with Gasteiger partial charge in [0.2, 0.25) is 0 Å². The zero-order chi connectivity index (χ0) is 32.8. The van der Waals surface area contributed by atoms with Gasteiger partial charge in [-0.15, -0.1) is 0 Å². The van der Waals surface area contributed by atoms with E-state index in [-0.39, 0.29) is 40.9 Å². The quantitative estimate of drug-likeness (QED) is 0.372. The summed E-state index contributed by atoms with van der Waals surface area (Å²) in [6.45, 7) is 7.52. The van der Waals surface area contributed by atoms with Crippen LogP contribution in [-0.2, 0) is 6.54 Å². The molecular formula is C36H42N8O3. The first-order valence-electron chi connectivity index (χ1n) is 16.6. The molecule has 0 bridgehead atoms. The third kappa shape index (κ3) is 8.02. The lowest BCUT2D eigenvalue weighted by atomic mass is 9.88. The van der Waals surface area contributed by atoms with Crippen LogP contribution in [-0.4, -0.2) is 108 Å². The average molecular weight is 635 g/mol. The predicted octanol–water partition coefficient (Wildman–Crippen LogP) is 3.23. The molecule has 2 aromatic carbocycles. The molecule has 3 fully saturated rings. The smallest absolute Gasteiger partial charge is 0.274 e. The van der Waals surface area contributed by atoms with E-state index in [9.17, 15) is 14.4 Å². The van der Waals surface area contributed by atoms with Crippen molar-refractivity contribution in [2.45, 2.75) is 38.3 Å². The molecule has 47 heavy (non-hydrogen) atoms. The highest BCUT2D eigenvalue weighted by atomic mass is 16.2. The summed E-state index contributed by atoms with van der Waals surface area (Å²) in [4.78, 5) is 56.5. The van der Waals surface area contributed by atoms with Crippen LogP contribution in [0, 0.1) is 17.2 Å². The Kier molecular flexibility index (Phi) is 10.2. The van der Waals surface area contributed by atoms with Crippen molar-refractivity contribution in [3.05, 3.63) is 89.0 Å². The molecule has 3 saturated heterocycles. The number of nitriles is 1. The summed E-state index contributed by atoms with van der Waals surface area (Å²) in [6.07, 6.45) is 5.59. The second-order valence-electron chi connectivity index (χ2n) is 12.9. The largest absolute Gasteiger partial charge is 0.369 e. The van der Waals surface area contributed by atoms with E-state index in [0.29, 0.717) is 31.5 Å². The van der Waals surface area contributed by atoms with Gasteiger partial charge in [0.05, 0.1) is 24.0 Å². The number of hydrogen-bond donors (Lipinski definition) is 1. The monoisotopic (exact) mass is 634 g/mol. The molecule has 3 aliphatic rings. The number of likely N-dealkylation sites (N-methyl/N-ethyl adjacent to an activating group) is 1. The minimum Gasteiger partial charge on any atom is -0.369 e. The number of hydrogen-bond acceptors (Lipinski definition) is 9. The minimum atomic E-state index is -0.294. The molecule has 0 unspecified atom stereocenters. The number of aromatic nitrogens is 2. The maximum Gasteiger partial charge on any atom is 0.274 e. The summed E-state index contributed by atoms with van der Waals surface area (Å²) >= 11 is 0. The van der Waals surface area contributed by atoms with Crippen LogP contribution in [0.4, 0.5) is 5.69 Å². The van der Waals surface area contributed by atoms with Gasteiger partial charge in [-0.3, -0.25) is 19.3 Å². The number of piperidine rings is 2. The lowest BCUT2D eigenvalue weighted by molar-refractivity contribution is 0.0645. The number of piperazine rings is 1.